The lowest BCUT2D eigenvalue weighted by atomic mass is 9.64. The van der Waals surface area contributed by atoms with Crippen molar-refractivity contribution in [1.82, 2.24) is 14.7 Å². The zero-order valence-electron chi connectivity index (χ0n) is 21.9. The van der Waals surface area contributed by atoms with E-state index in [1.54, 1.807) is 33.9 Å². The van der Waals surface area contributed by atoms with Crippen LogP contribution in [0.1, 0.15) is 59.3 Å². The van der Waals surface area contributed by atoms with Gasteiger partial charge in [0.1, 0.15) is 11.6 Å². The first-order valence-electron chi connectivity index (χ1n) is 13.0. The van der Waals surface area contributed by atoms with Gasteiger partial charge in [0, 0.05) is 39.3 Å². The highest BCUT2D eigenvalue weighted by molar-refractivity contribution is 5.99. The molecule has 3 fully saturated rings. The first-order valence-corrected chi connectivity index (χ1v) is 13.0. The van der Waals surface area contributed by atoms with Gasteiger partial charge in [0.25, 0.3) is 0 Å². The first-order chi connectivity index (χ1) is 16.7. The van der Waals surface area contributed by atoms with Crippen LogP contribution in [0, 0.1) is 11.8 Å². The fourth-order valence-corrected chi connectivity index (χ4v) is 6.56. The smallest absolute Gasteiger partial charge is 0.248 e. The summed E-state index contributed by atoms with van der Waals surface area (Å²) >= 11 is 0. The van der Waals surface area contributed by atoms with Crippen LogP contribution in [0.25, 0.3) is 0 Å². The number of rotatable bonds is 13. The van der Waals surface area contributed by atoms with E-state index in [0.29, 0.717) is 51.7 Å². The number of fused-ring (bicyclic) bond motifs is 1. The van der Waals surface area contributed by atoms with Crippen LogP contribution in [0.5, 0.6) is 0 Å². The zero-order chi connectivity index (χ0) is 26.0. The van der Waals surface area contributed by atoms with Crippen LogP contribution in [-0.4, -0.2) is 94.1 Å². The summed E-state index contributed by atoms with van der Waals surface area (Å²) < 4.78 is 6.80. The molecule has 196 valence electrons. The predicted molar refractivity (Wildman–Crippen MR) is 134 cm³/mol. The second kappa shape index (κ2) is 10.8. The van der Waals surface area contributed by atoms with Crippen LogP contribution in [0.2, 0.25) is 0 Å². The molecule has 2 unspecified atom stereocenters. The van der Waals surface area contributed by atoms with Gasteiger partial charge in [0.05, 0.1) is 17.4 Å². The molecule has 3 rings (SSSR count). The first kappa shape index (κ1) is 27.4. The summed E-state index contributed by atoms with van der Waals surface area (Å²) in [5, 5.41) is 9.19. The number of carbonyl (C=O) groups is 3. The minimum absolute atomic E-state index is 0.0721. The Bertz CT molecular complexity index is 845. The molecule has 0 aromatic heterocycles. The van der Waals surface area contributed by atoms with Gasteiger partial charge in [-0.1, -0.05) is 19.1 Å². The lowest BCUT2D eigenvalue weighted by molar-refractivity contribution is -0.155. The summed E-state index contributed by atoms with van der Waals surface area (Å²) in [5.41, 5.74) is -1.75. The van der Waals surface area contributed by atoms with Gasteiger partial charge in [-0.15, -0.1) is 13.2 Å². The van der Waals surface area contributed by atoms with Crippen molar-refractivity contribution in [3.05, 3.63) is 25.3 Å². The minimum Gasteiger partial charge on any atom is -0.396 e. The molecule has 8 nitrogen and oxygen atoms in total. The fraction of sp³-hybridized carbons (Fsp3) is 0.741. The van der Waals surface area contributed by atoms with E-state index >= 15 is 0 Å². The maximum Gasteiger partial charge on any atom is 0.248 e. The normalized spacial score (nSPS) is 31.1. The molecule has 3 aliphatic heterocycles. The quantitative estimate of drug-likeness (QED) is 0.317. The summed E-state index contributed by atoms with van der Waals surface area (Å²) in [6.07, 6.45) is 7.28. The Morgan fingerprint density at radius 3 is 2.43 bits per heavy atom. The molecule has 35 heavy (non-hydrogen) atoms. The van der Waals surface area contributed by atoms with E-state index in [-0.39, 0.29) is 30.4 Å². The summed E-state index contributed by atoms with van der Waals surface area (Å²) in [6, 6.07) is -0.843. The van der Waals surface area contributed by atoms with E-state index in [9.17, 15) is 19.5 Å². The molecule has 3 amide bonds. The molecule has 2 bridgehead atoms. The second-order valence-electron chi connectivity index (χ2n) is 10.5. The summed E-state index contributed by atoms with van der Waals surface area (Å²) in [7, 11) is 1.73. The Morgan fingerprint density at radius 2 is 1.86 bits per heavy atom. The Balaban J connectivity index is 2.07. The molecule has 1 spiro atoms. The number of carbonyl (C=O) groups excluding carboxylic acids is 3. The van der Waals surface area contributed by atoms with E-state index in [4.69, 9.17) is 4.74 Å². The maximum absolute atomic E-state index is 14.1. The third-order valence-corrected chi connectivity index (χ3v) is 8.25. The van der Waals surface area contributed by atoms with Crippen molar-refractivity contribution < 1.29 is 24.2 Å². The van der Waals surface area contributed by atoms with Crippen LogP contribution in [0.3, 0.4) is 0 Å². The van der Waals surface area contributed by atoms with Crippen molar-refractivity contribution in [3.8, 4) is 0 Å². The van der Waals surface area contributed by atoms with E-state index in [1.807, 2.05) is 20.8 Å². The Labute approximate surface area is 210 Å². The largest absolute Gasteiger partial charge is 0.396 e. The van der Waals surface area contributed by atoms with E-state index in [1.165, 1.54) is 0 Å². The summed E-state index contributed by atoms with van der Waals surface area (Å²) in [5.74, 6) is -1.72. The lowest BCUT2D eigenvalue weighted by Gasteiger charge is -2.38. The average Bonchev–Trinajstić information content (AvgIpc) is 3.43. The molecule has 5 atom stereocenters. The number of nitrogens with zero attached hydrogens (tertiary/aromatic N) is 3. The highest BCUT2D eigenvalue weighted by Crippen LogP contribution is 2.64. The molecular weight excluding hydrogens is 446 g/mol. The van der Waals surface area contributed by atoms with Gasteiger partial charge in [0.15, 0.2) is 0 Å². The molecule has 1 N–H and O–H groups in total. The number of ether oxygens (including phenoxy) is 1. The number of amides is 3. The third kappa shape index (κ3) is 4.44. The number of likely N-dealkylation sites (N-methyl/N-ethyl adjacent to an activating group) is 1. The van der Waals surface area contributed by atoms with Crippen molar-refractivity contribution in [3.63, 3.8) is 0 Å². The van der Waals surface area contributed by atoms with Gasteiger partial charge in [-0.2, -0.15) is 0 Å². The van der Waals surface area contributed by atoms with Crippen LogP contribution >= 0.6 is 0 Å². The number of likely N-dealkylation sites (tertiary alicyclic amines) is 1. The Kier molecular flexibility index (Phi) is 8.48. The Hall–Kier alpha value is -2.19. The van der Waals surface area contributed by atoms with Gasteiger partial charge in [-0.25, -0.2) is 0 Å². The number of hydrogen-bond acceptors (Lipinski definition) is 5. The highest BCUT2D eigenvalue weighted by atomic mass is 16.5. The second-order valence-corrected chi connectivity index (χ2v) is 10.5. The standard InChI is InChI=1S/C27H43N3O5/c1-7-15-28(6)23(32)20-21-24(33)30(17-11-10-12-18-31)22(25(34)29(16-8-2)19(4)5)27(21)14-13-26(20,9-3)35-27/h7-8,19-22,31H,1-2,9-18H2,3-6H3/t20-,21+,22?,26+,27?/m1/s1. The third-order valence-electron chi connectivity index (χ3n) is 8.25. The molecule has 0 saturated carbocycles. The lowest BCUT2D eigenvalue weighted by Crippen LogP contribution is -2.57. The predicted octanol–water partition coefficient (Wildman–Crippen LogP) is 2.37. The molecule has 0 aromatic rings. The number of hydrogen-bond donors (Lipinski definition) is 1. The highest BCUT2D eigenvalue weighted by Gasteiger charge is 2.78. The molecule has 3 saturated heterocycles. The zero-order valence-corrected chi connectivity index (χ0v) is 21.9. The Morgan fingerprint density at radius 1 is 1.17 bits per heavy atom. The number of aliphatic hydroxyl groups excluding tert-OH is 1. The molecule has 3 heterocycles. The van der Waals surface area contributed by atoms with Gasteiger partial charge in [-0.3, -0.25) is 14.4 Å². The van der Waals surface area contributed by atoms with Crippen LogP contribution in [0.4, 0.5) is 0 Å². The molecule has 0 aromatic carbocycles. The van der Waals surface area contributed by atoms with Crippen molar-refractivity contribution in [1.29, 1.82) is 0 Å². The van der Waals surface area contributed by atoms with Gasteiger partial charge in [0.2, 0.25) is 17.7 Å². The van der Waals surface area contributed by atoms with Crippen molar-refractivity contribution in [2.45, 2.75) is 82.6 Å². The minimum atomic E-state index is -1.01. The average molecular weight is 490 g/mol. The van der Waals surface area contributed by atoms with Crippen molar-refractivity contribution in [2.75, 3.05) is 33.3 Å². The van der Waals surface area contributed by atoms with Gasteiger partial charge in [-0.05, 0) is 52.4 Å². The van der Waals surface area contributed by atoms with E-state index in [0.717, 1.165) is 6.42 Å². The van der Waals surface area contributed by atoms with Crippen LogP contribution < -0.4 is 0 Å². The van der Waals surface area contributed by atoms with Crippen LogP contribution in [-0.2, 0) is 19.1 Å². The van der Waals surface area contributed by atoms with Crippen molar-refractivity contribution >= 4 is 17.7 Å². The van der Waals surface area contributed by atoms with E-state index < -0.39 is 29.1 Å². The summed E-state index contributed by atoms with van der Waals surface area (Å²) in [6.45, 7) is 14.7. The van der Waals surface area contributed by atoms with Gasteiger partial charge >= 0.3 is 0 Å². The molecule has 8 heteroatoms. The van der Waals surface area contributed by atoms with Crippen LogP contribution in [0.15, 0.2) is 25.3 Å². The molecule has 0 aliphatic carbocycles. The number of aliphatic hydroxyl groups is 1. The molecule has 3 aliphatic rings. The maximum atomic E-state index is 14.1. The SMILES string of the molecule is C=CCN(C)C(=O)[C@H]1[C@H]2C(=O)N(CCCCCO)C(C(=O)N(CC=C)C(C)C)C23CC[C@]1(CC)O3. The topological polar surface area (TPSA) is 90.4 Å². The van der Waals surface area contributed by atoms with E-state index in [2.05, 4.69) is 13.2 Å². The molecular formula is C27H43N3O5. The molecule has 0 radical (unpaired) electrons. The fourth-order valence-electron chi connectivity index (χ4n) is 6.56. The van der Waals surface area contributed by atoms with Crippen molar-refractivity contribution in [2.24, 2.45) is 11.8 Å². The number of unbranched alkanes of at least 4 members (excludes halogenated alkanes) is 2. The summed E-state index contributed by atoms with van der Waals surface area (Å²) in [4.78, 5) is 46.9. The monoisotopic (exact) mass is 489 g/mol. The van der Waals surface area contributed by atoms with Gasteiger partial charge < -0.3 is 24.5 Å².